The van der Waals surface area contributed by atoms with E-state index in [4.69, 9.17) is 28.4 Å². The third-order valence-electron chi connectivity index (χ3n) is 4.83. The van der Waals surface area contributed by atoms with Crippen LogP contribution < -0.4 is 28.4 Å². The SMILES string of the molecule is COc1cc(OC(C)=O)c(OC)c2c1[C@H]1COc3cc(OC(C)=O)ccc3[C@@H]1O2. The number of benzene rings is 2. The van der Waals surface area contributed by atoms with Crippen molar-refractivity contribution >= 4 is 11.9 Å². The average Bonchev–Trinajstić information content (AvgIpc) is 3.06. The summed E-state index contributed by atoms with van der Waals surface area (Å²) in [7, 11) is 3.02. The highest BCUT2D eigenvalue weighted by Gasteiger charge is 2.45. The Morgan fingerprint density at radius 1 is 1.00 bits per heavy atom. The second-order valence-corrected chi connectivity index (χ2v) is 6.70. The van der Waals surface area contributed by atoms with Crippen molar-refractivity contribution in [1.82, 2.24) is 0 Å². The van der Waals surface area contributed by atoms with Gasteiger partial charge in [0.05, 0.1) is 32.3 Å². The van der Waals surface area contributed by atoms with Crippen LogP contribution in [-0.4, -0.2) is 32.8 Å². The number of hydrogen-bond acceptors (Lipinski definition) is 8. The minimum atomic E-state index is -0.479. The number of ether oxygens (including phenoxy) is 6. The van der Waals surface area contributed by atoms with Crippen LogP contribution in [0.5, 0.6) is 34.5 Å². The standard InChI is InChI=1S/C21H20O8/c1-10(22)27-12-5-6-13-15(7-12)26-9-14-18-16(24-3)8-17(28-11(2)23)20(25-4)21(18)29-19(13)14/h5-8,14,19H,9H2,1-4H3/t14-,19+/m1/s1. The van der Waals surface area contributed by atoms with Crippen molar-refractivity contribution < 1.29 is 38.0 Å². The molecule has 0 spiro atoms. The molecule has 2 aliphatic heterocycles. The maximum Gasteiger partial charge on any atom is 0.308 e. The second kappa shape index (κ2) is 7.20. The van der Waals surface area contributed by atoms with Crippen molar-refractivity contribution in [1.29, 1.82) is 0 Å². The molecular weight excluding hydrogens is 380 g/mol. The number of carbonyl (C=O) groups excluding carboxylic acids is 2. The predicted molar refractivity (Wildman–Crippen MR) is 100 cm³/mol. The van der Waals surface area contributed by atoms with Gasteiger partial charge in [0, 0.05) is 31.5 Å². The van der Waals surface area contributed by atoms with E-state index >= 15 is 0 Å². The number of esters is 2. The molecule has 4 rings (SSSR count). The predicted octanol–water partition coefficient (Wildman–Crippen LogP) is 3.16. The molecule has 2 aliphatic rings. The molecule has 0 amide bonds. The van der Waals surface area contributed by atoms with Crippen LogP contribution in [0.4, 0.5) is 0 Å². The van der Waals surface area contributed by atoms with Crippen LogP contribution in [-0.2, 0) is 9.59 Å². The summed E-state index contributed by atoms with van der Waals surface area (Å²) in [6.07, 6.45) is -0.351. The van der Waals surface area contributed by atoms with Crippen molar-refractivity contribution in [2.24, 2.45) is 0 Å². The van der Waals surface area contributed by atoms with Crippen LogP contribution in [0.3, 0.4) is 0 Å². The normalized spacial score (nSPS) is 18.3. The maximum atomic E-state index is 11.5. The lowest BCUT2D eigenvalue weighted by atomic mass is 9.88. The number of rotatable bonds is 4. The lowest BCUT2D eigenvalue weighted by Crippen LogP contribution is -2.23. The second-order valence-electron chi connectivity index (χ2n) is 6.70. The summed E-state index contributed by atoms with van der Waals surface area (Å²) in [5.41, 5.74) is 1.60. The van der Waals surface area contributed by atoms with E-state index < -0.39 is 11.9 Å². The van der Waals surface area contributed by atoms with Crippen LogP contribution in [0.15, 0.2) is 24.3 Å². The molecule has 0 N–H and O–H groups in total. The Bertz CT molecular complexity index is 997. The van der Waals surface area contributed by atoms with Crippen LogP contribution in [0.2, 0.25) is 0 Å². The van der Waals surface area contributed by atoms with Gasteiger partial charge in [0.15, 0.2) is 11.5 Å². The molecule has 0 radical (unpaired) electrons. The first-order chi connectivity index (χ1) is 13.9. The Hall–Kier alpha value is -3.42. The van der Waals surface area contributed by atoms with Gasteiger partial charge in [-0.3, -0.25) is 9.59 Å². The molecule has 2 heterocycles. The minimum Gasteiger partial charge on any atom is -0.496 e. The number of hydrogen-bond donors (Lipinski definition) is 0. The quantitative estimate of drug-likeness (QED) is 0.571. The van der Waals surface area contributed by atoms with Crippen molar-refractivity contribution in [2.45, 2.75) is 25.9 Å². The van der Waals surface area contributed by atoms with E-state index in [2.05, 4.69) is 0 Å². The number of carbonyl (C=O) groups is 2. The Balaban J connectivity index is 1.78. The van der Waals surface area contributed by atoms with E-state index in [1.165, 1.54) is 28.1 Å². The molecule has 0 aliphatic carbocycles. The first kappa shape index (κ1) is 18.9. The fraction of sp³-hybridized carbons (Fsp3) is 0.333. The summed E-state index contributed by atoms with van der Waals surface area (Å²) in [4.78, 5) is 22.7. The van der Waals surface area contributed by atoms with Gasteiger partial charge in [-0.05, 0) is 12.1 Å². The summed E-state index contributed by atoms with van der Waals surface area (Å²) in [6, 6.07) is 6.78. The third-order valence-corrected chi connectivity index (χ3v) is 4.83. The summed E-state index contributed by atoms with van der Waals surface area (Å²) in [6.45, 7) is 2.98. The molecule has 0 bridgehead atoms. The Labute approximate surface area is 167 Å². The molecule has 2 aromatic rings. The third kappa shape index (κ3) is 3.20. The van der Waals surface area contributed by atoms with Gasteiger partial charge in [0.2, 0.25) is 5.75 Å². The molecule has 0 unspecified atom stereocenters. The van der Waals surface area contributed by atoms with E-state index in [9.17, 15) is 9.59 Å². The van der Waals surface area contributed by atoms with Gasteiger partial charge in [-0.25, -0.2) is 0 Å². The minimum absolute atomic E-state index is 0.146. The van der Waals surface area contributed by atoms with Crippen LogP contribution >= 0.6 is 0 Å². The van der Waals surface area contributed by atoms with E-state index in [0.29, 0.717) is 35.4 Å². The van der Waals surface area contributed by atoms with Gasteiger partial charge in [0.25, 0.3) is 0 Å². The highest BCUT2D eigenvalue weighted by atomic mass is 16.6. The Kier molecular flexibility index (Phi) is 4.70. The zero-order valence-corrected chi connectivity index (χ0v) is 16.4. The first-order valence-electron chi connectivity index (χ1n) is 9.02. The molecule has 0 saturated heterocycles. The van der Waals surface area contributed by atoms with Gasteiger partial charge in [0.1, 0.15) is 23.4 Å². The monoisotopic (exact) mass is 400 g/mol. The van der Waals surface area contributed by atoms with E-state index in [0.717, 1.165) is 11.1 Å². The number of fused-ring (bicyclic) bond motifs is 5. The molecule has 8 heteroatoms. The van der Waals surface area contributed by atoms with Gasteiger partial charge in [-0.1, -0.05) is 0 Å². The van der Waals surface area contributed by atoms with E-state index in [1.54, 1.807) is 18.2 Å². The first-order valence-corrected chi connectivity index (χ1v) is 9.02. The van der Waals surface area contributed by atoms with E-state index in [1.807, 2.05) is 6.07 Å². The molecule has 0 aromatic heterocycles. The van der Waals surface area contributed by atoms with Crippen LogP contribution in [0.25, 0.3) is 0 Å². The summed E-state index contributed by atoms with van der Waals surface area (Å²) in [5, 5.41) is 0. The molecule has 0 fully saturated rings. The van der Waals surface area contributed by atoms with Crippen molar-refractivity contribution in [3.05, 3.63) is 35.4 Å². The van der Waals surface area contributed by atoms with Gasteiger partial charge in [-0.15, -0.1) is 0 Å². The summed E-state index contributed by atoms with van der Waals surface area (Å²) in [5.74, 6) is 1.47. The average molecular weight is 400 g/mol. The zero-order valence-electron chi connectivity index (χ0n) is 16.4. The van der Waals surface area contributed by atoms with Gasteiger partial charge in [-0.2, -0.15) is 0 Å². The largest absolute Gasteiger partial charge is 0.496 e. The maximum absolute atomic E-state index is 11.5. The Morgan fingerprint density at radius 3 is 2.41 bits per heavy atom. The van der Waals surface area contributed by atoms with Crippen LogP contribution in [0, 0.1) is 0 Å². The smallest absolute Gasteiger partial charge is 0.308 e. The highest BCUT2D eigenvalue weighted by molar-refractivity contribution is 5.74. The van der Waals surface area contributed by atoms with E-state index in [-0.39, 0.29) is 17.8 Å². The van der Waals surface area contributed by atoms with Crippen LogP contribution in [0.1, 0.15) is 37.0 Å². The molecule has 8 nitrogen and oxygen atoms in total. The molecule has 0 saturated carbocycles. The molecule has 152 valence electrons. The van der Waals surface area contributed by atoms with Gasteiger partial charge >= 0.3 is 11.9 Å². The van der Waals surface area contributed by atoms with Crippen molar-refractivity contribution in [3.8, 4) is 34.5 Å². The lowest BCUT2D eigenvalue weighted by molar-refractivity contribution is -0.132. The molecule has 2 atom stereocenters. The Morgan fingerprint density at radius 2 is 1.76 bits per heavy atom. The molecule has 2 aromatic carbocycles. The topological polar surface area (TPSA) is 89.5 Å². The summed E-state index contributed by atoms with van der Waals surface area (Å²) < 4.78 is 33.6. The van der Waals surface area contributed by atoms with Gasteiger partial charge < -0.3 is 28.4 Å². The zero-order chi connectivity index (χ0) is 20.7. The summed E-state index contributed by atoms with van der Waals surface area (Å²) >= 11 is 0. The molecule has 29 heavy (non-hydrogen) atoms. The molecular formula is C21H20O8. The fourth-order valence-corrected chi connectivity index (χ4v) is 3.76. The fourth-order valence-electron chi connectivity index (χ4n) is 3.76. The highest BCUT2D eigenvalue weighted by Crippen LogP contribution is 2.59. The lowest BCUT2D eigenvalue weighted by Gasteiger charge is -2.28. The van der Waals surface area contributed by atoms with Crippen molar-refractivity contribution in [3.63, 3.8) is 0 Å². The number of methoxy groups -OCH3 is 2. The van der Waals surface area contributed by atoms with Crippen molar-refractivity contribution in [2.75, 3.05) is 20.8 Å².